The molecule has 236 valence electrons. The minimum Gasteiger partial charge on any atom is -0.476 e. The van der Waals surface area contributed by atoms with E-state index < -0.39 is 41.6 Å². The summed E-state index contributed by atoms with van der Waals surface area (Å²) in [6.45, 7) is 3.67. The number of aryl methyl sites for hydroxylation is 1. The molecule has 0 bridgehead atoms. The zero-order valence-electron chi connectivity index (χ0n) is 24.6. The van der Waals surface area contributed by atoms with Crippen LogP contribution in [-0.4, -0.2) is 68.5 Å². The minimum absolute atomic E-state index is 0.00994. The lowest BCUT2D eigenvalue weighted by atomic mass is 9.93. The normalized spacial score (nSPS) is 14.7. The summed E-state index contributed by atoms with van der Waals surface area (Å²) in [5.41, 5.74) is 3.99. The summed E-state index contributed by atoms with van der Waals surface area (Å²) in [4.78, 5) is 101. The zero-order valence-corrected chi connectivity index (χ0v) is 25.4. The first-order valence-electron chi connectivity index (χ1n) is 14.4. The van der Waals surface area contributed by atoms with E-state index in [4.69, 9.17) is 10.8 Å². The highest BCUT2D eigenvalue weighted by atomic mass is 32.1. The number of nitrogens with zero attached hydrogens (tertiary/aromatic N) is 1. The van der Waals surface area contributed by atoms with E-state index in [2.05, 4.69) is 15.6 Å². The lowest BCUT2D eigenvalue weighted by Gasteiger charge is -2.19. The smallest absolute Gasteiger partial charge is 0.355 e. The maximum atomic E-state index is 12.7. The molecular formula is C29H40N4O9S. The highest BCUT2D eigenvalue weighted by Crippen LogP contribution is 2.37. The molecule has 13 nitrogen and oxygen atoms in total. The van der Waals surface area contributed by atoms with E-state index in [-0.39, 0.29) is 79.8 Å². The van der Waals surface area contributed by atoms with E-state index in [0.717, 1.165) is 17.8 Å². The Kier molecular flexibility index (Phi) is 13.8. The van der Waals surface area contributed by atoms with Gasteiger partial charge in [-0.25, -0.2) is 9.78 Å². The lowest BCUT2D eigenvalue weighted by molar-refractivity contribution is -0.134. The molecule has 43 heavy (non-hydrogen) atoms. The van der Waals surface area contributed by atoms with Gasteiger partial charge in [0.15, 0.2) is 17.3 Å². The van der Waals surface area contributed by atoms with Gasteiger partial charge in [0.25, 0.3) is 0 Å². The Labute approximate surface area is 253 Å². The van der Waals surface area contributed by atoms with Crippen molar-refractivity contribution in [2.45, 2.75) is 109 Å². The number of nitrogens with two attached hydrogens (primary N) is 1. The van der Waals surface area contributed by atoms with Gasteiger partial charge in [0.1, 0.15) is 11.6 Å². The number of Topliss-reactive ketones (excluding diaryl/α,β-unsaturated/α-hetero) is 4. The van der Waals surface area contributed by atoms with Crippen molar-refractivity contribution in [1.29, 1.82) is 0 Å². The molecule has 1 fully saturated rings. The molecule has 0 aliphatic heterocycles. The number of rotatable bonds is 22. The summed E-state index contributed by atoms with van der Waals surface area (Å²) in [7, 11) is 0. The fraction of sp³-hybridized carbons (Fsp3) is 0.621. The number of carbonyl (C=O) groups is 8. The van der Waals surface area contributed by atoms with Crippen LogP contribution in [0.4, 0.5) is 0 Å². The lowest BCUT2D eigenvalue weighted by Crippen LogP contribution is -2.44. The predicted molar refractivity (Wildman–Crippen MR) is 155 cm³/mol. The second-order valence-corrected chi connectivity index (χ2v) is 12.1. The number of primary amides is 1. The Hall–Kier alpha value is -3.81. The molecule has 1 saturated carbocycles. The van der Waals surface area contributed by atoms with Crippen molar-refractivity contribution in [2.75, 3.05) is 0 Å². The van der Waals surface area contributed by atoms with Gasteiger partial charge in [0, 0.05) is 37.5 Å². The van der Waals surface area contributed by atoms with E-state index in [1.807, 2.05) is 6.92 Å². The Balaban J connectivity index is 1.74. The average Bonchev–Trinajstić information content (AvgIpc) is 3.54. The van der Waals surface area contributed by atoms with Gasteiger partial charge in [0.05, 0.1) is 35.9 Å². The Morgan fingerprint density at radius 2 is 1.67 bits per heavy atom. The topological polar surface area (TPSA) is 220 Å². The van der Waals surface area contributed by atoms with Crippen LogP contribution in [0.1, 0.15) is 106 Å². The van der Waals surface area contributed by atoms with Gasteiger partial charge in [-0.15, -0.1) is 11.3 Å². The van der Waals surface area contributed by atoms with Crippen LogP contribution in [0, 0.1) is 5.92 Å². The number of hydrogen-bond donors (Lipinski definition) is 4. The van der Waals surface area contributed by atoms with Gasteiger partial charge in [-0.05, 0) is 31.6 Å². The van der Waals surface area contributed by atoms with Crippen LogP contribution < -0.4 is 16.4 Å². The van der Waals surface area contributed by atoms with Crippen LogP contribution in [0.2, 0.25) is 0 Å². The quantitative estimate of drug-likeness (QED) is 0.138. The van der Waals surface area contributed by atoms with Crippen LogP contribution in [-0.2, 0) is 40.0 Å². The largest absolute Gasteiger partial charge is 0.476 e. The Morgan fingerprint density at radius 1 is 1.00 bits per heavy atom. The molecule has 2 rings (SSSR count). The van der Waals surface area contributed by atoms with E-state index >= 15 is 0 Å². The molecule has 2 atom stereocenters. The molecule has 1 aliphatic rings. The second kappa shape index (κ2) is 16.7. The molecule has 1 aliphatic carbocycles. The molecule has 1 aromatic heterocycles. The van der Waals surface area contributed by atoms with Crippen LogP contribution in [0.5, 0.6) is 0 Å². The van der Waals surface area contributed by atoms with Crippen molar-refractivity contribution in [1.82, 2.24) is 15.6 Å². The maximum absolute atomic E-state index is 12.7. The van der Waals surface area contributed by atoms with Crippen molar-refractivity contribution >= 4 is 58.2 Å². The molecule has 0 radical (unpaired) electrons. The predicted octanol–water partition coefficient (Wildman–Crippen LogP) is 1.84. The summed E-state index contributed by atoms with van der Waals surface area (Å²) in [6.07, 6.45) is 1.84. The number of thiazole rings is 1. The SMILES string of the molecule is CCCCC(=O)N[C@H](CC(N)=O)C(=O)C[C@@H](C)CCC(=O)CC(=O)NC1(C(=O)CC(=O)CCc2nc(C(=O)O)cs2)CC1. The van der Waals surface area contributed by atoms with Gasteiger partial charge >= 0.3 is 5.97 Å². The molecule has 1 heterocycles. The first kappa shape index (κ1) is 35.4. The number of carboxylic acids is 1. The standard InChI is InChI=1S/C29H40N4O9S/c1-3-4-5-25(39)31-20(15-24(30)38)22(36)12-17(2)6-7-19(35)14-26(40)33-29(10-11-29)23(37)13-18(34)8-9-27-32-21(16-43-27)28(41)42/h16-17,20H,3-15H2,1-2H3,(H2,30,38)(H,31,39)(H,33,40)(H,41,42)/t17-,20+/m0/s1. The van der Waals surface area contributed by atoms with Gasteiger partial charge in [-0.1, -0.05) is 20.3 Å². The Bertz CT molecular complexity index is 1240. The number of unbranched alkanes of at least 4 members (excludes halogenated alkanes) is 1. The van der Waals surface area contributed by atoms with Gasteiger partial charge in [-0.3, -0.25) is 33.6 Å². The number of hydrogen-bond acceptors (Lipinski definition) is 10. The van der Waals surface area contributed by atoms with Crippen LogP contribution in [0.25, 0.3) is 0 Å². The zero-order chi connectivity index (χ0) is 32.2. The molecule has 0 aromatic carbocycles. The first-order valence-corrected chi connectivity index (χ1v) is 15.3. The second-order valence-electron chi connectivity index (χ2n) is 11.1. The number of carboxylic acid groups (broad SMARTS) is 1. The summed E-state index contributed by atoms with van der Waals surface area (Å²) < 4.78 is 0. The van der Waals surface area contributed by atoms with E-state index in [1.54, 1.807) is 6.92 Å². The highest BCUT2D eigenvalue weighted by Gasteiger charge is 2.50. The molecule has 14 heteroatoms. The van der Waals surface area contributed by atoms with Crippen molar-refractivity contribution in [3.63, 3.8) is 0 Å². The summed E-state index contributed by atoms with van der Waals surface area (Å²) >= 11 is 1.12. The molecule has 0 unspecified atom stereocenters. The number of ketones is 4. The first-order chi connectivity index (χ1) is 20.2. The van der Waals surface area contributed by atoms with Crippen LogP contribution in [0.3, 0.4) is 0 Å². The molecule has 5 N–H and O–H groups in total. The van der Waals surface area contributed by atoms with Gasteiger partial charge in [0.2, 0.25) is 17.7 Å². The molecule has 3 amide bonds. The third-order valence-electron chi connectivity index (χ3n) is 7.12. The highest BCUT2D eigenvalue weighted by molar-refractivity contribution is 7.09. The number of carbonyl (C=O) groups excluding carboxylic acids is 7. The fourth-order valence-electron chi connectivity index (χ4n) is 4.43. The minimum atomic E-state index is -1.16. The van der Waals surface area contributed by atoms with E-state index in [9.17, 15) is 38.4 Å². The maximum Gasteiger partial charge on any atom is 0.355 e. The third-order valence-corrected chi connectivity index (χ3v) is 8.03. The molecule has 1 aromatic rings. The van der Waals surface area contributed by atoms with Crippen molar-refractivity contribution in [3.8, 4) is 0 Å². The van der Waals surface area contributed by atoms with Crippen molar-refractivity contribution in [3.05, 3.63) is 16.1 Å². The monoisotopic (exact) mass is 620 g/mol. The third kappa shape index (κ3) is 12.5. The summed E-state index contributed by atoms with van der Waals surface area (Å²) in [6, 6.07) is -1.03. The Morgan fingerprint density at radius 3 is 2.26 bits per heavy atom. The molecule has 0 spiro atoms. The van der Waals surface area contributed by atoms with Crippen molar-refractivity contribution < 1.29 is 43.5 Å². The van der Waals surface area contributed by atoms with Crippen molar-refractivity contribution in [2.24, 2.45) is 11.7 Å². The summed E-state index contributed by atoms with van der Waals surface area (Å²) in [5, 5.41) is 16.0. The molecule has 0 saturated heterocycles. The van der Waals surface area contributed by atoms with E-state index in [0.29, 0.717) is 30.7 Å². The van der Waals surface area contributed by atoms with Gasteiger partial charge < -0.3 is 21.5 Å². The number of nitrogens with one attached hydrogen (secondary N) is 2. The van der Waals surface area contributed by atoms with Crippen LogP contribution in [0.15, 0.2) is 5.38 Å². The van der Waals surface area contributed by atoms with Gasteiger partial charge in [-0.2, -0.15) is 0 Å². The number of aromatic carboxylic acids is 1. The molecular weight excluding hydrogens is 580 g/mol. The number of aromatic nitrogens is 1. The number of amides is 3. The average molecular weight is 621 g/mol. The summed E-state index contributed by atoms with van der Waals surface area (Å²) in [5.74, 6) is -4.60. The van der Waals surface area contributed by atoms with E-state index in [1.165, 1.54) is 5.38 Å². The fourth-order valence-corrected chi connectivity index (χ4v) is 5.20. The van der Waals surface area contributed by atoms with Crippen LogP contribution >= 0.6 is 11.3 Å².